The molecular weight excluding hydrogens is 232 g/mol. The predicted molar refractivity (Wildman–Crippen MR) is 67.2 cm³/mol. The van der Waals surface area contributed by atoms with E-state index in [-0.39, 0.29) is 12.6 Å². The Morgan fingerprint density at radius 3 is 2.39 bits per heavy atom. The molecule has 18 heavy (non-hydrogen) atoms. The zero-order chi connectivity index (χ0) is 13.3. The van der Waals surface area contributed by atoms with E-state index in [1.54, 1.807) is 18.9 Å². The van der Waals surface area contributed by atoms with Gasteiger partial charge in [0, 0.05) is 26.7 Å². The molecule has 1 heterocycles. The van der Waals surface area contributed by atoms with Crippen LogP contribution in [-0.4, -0.2) is 53.6 Å². The highest BCUT2D eigenvalue weighted by molar-refractivity contribution is 5.76. The van der Waals surface area contributed by atoms with Crippen molar-refractivity contribution in [3.63, 3.8) is 0 Å². The van der Waals surface area contributed by atoms with Gasteiger partial charge in [-0.25, -0.2) is 4.79 Å². The van der Waals surface area contributed by atoms with Crippen molar-refractivity contribution < 1.29 is 14.7 Å². The maximum Gasteiger partial charge on any atom is 0.319 e. The highest BCUT2D eigenvalue weighted by atomic mass is 16.4. The molecule has 3 unspecified atom stereocenters. The lowest BCUT2D eigenvalue weighted by atomic mass is 10.0. The summed E-state index contributed by atoms with van der Waals surface area (Å²) in [6.07, 6.45) is 3.77. The second-order valence-electron chi connectivity index (χ2n) is 5.76. The van der Waals surface area contributed by atoms with Crippen LogP contribution in [0.3, 0.4) is 0 Å². The summed E-state index contributed by atoms with van der Waals surface area (Å²) >= 11 is 0. The maximum absolute atomic E-state index is 12.2. The lowest BCUT2D eigenvalue weighted by Gasteiger charge is -2.26. The summed E-state index contributed by atoms with van der Waals surface area (Å²) < 4.78 is 0. The van der Waals surface area contributed by atoms with Gasteiger partial charge >= 0.3 is 12.0 Å². The van der Waals surface area contributed by atoms with E-state index < -0.39 is 11.9 Å². The van der Waals surface area contributed by atoms with Crippen LogP contribution in [-0.2, 0) is 4.79 Å². The van der Waals surface area contributed by atoms with Crippen molar-refractivity contribution in [3.8, 4) is 0 Å². The Kier molecular flexibility index (Phi) is 3.78. The molecule has 2 fully saturated rings. The Hall–Kier alpha value is -1.26. The van der Waals surface area contributed by atoms with Gasteiger partial charge in [-0.3, -0.25) is 4.79 Å². The van der Waals surface area contributed by atoms with Crippen molar-refractivity contribution in [2.75, 3.05) is 26.7 Å². The number of carboxylic acid groups (broad SMARTS) is 1. The van der Waals surface area contributed by atoms with Gasteiger partial charge in [0.2, 0.25) is 0 Å². The normalized spacial score (nSPS) is 28.0. The second kappa shape index (κ2) is 5.16. The Bertz CT molecular complexity index is 333. The Morgan fingerprint density at radius 1 is 1.33 bits per heavy atom. The molecule has 0 bridgehead atoms. The van der Waals surface area contributed by atoms with E-state index in [0.29, 0.717) is 11.8 Å². The third-order valence-corrected chi connectivity index (χ3v) is 4.29. The molecule has 3 atom stereocenters. The fourth-order valence-electron chi connectivity index (χ4n) is 3.20. The molecule has 2 rings (SSSR count). The number of hydrogen-bond donors (Lipinski definition) is 1. The quantitative estimate of drug-likeness (QED) is 0.830. The first-order valence-corrected chi connectivity index (χ1v) is 6.72. The van der Waals surface area contributed by atoms with Crippen LogP contribution in [0.4, 0.5) is 4.79 Å². The highest BCUT2D eigenvalue weighted by Crippen LogP contribution is 2.37. The molecule has 0 aromatic rings. The number of urea groups is 1. The Balaban J connectivity index is 1.86. The number of aliphatic carboxylic acids is 1. The molecule has 1 aliphatic heterocycles. The lowest BCUT2D eigenvalue weighted by Crippen LogP contribution is -2.43. The summed E-state index contributed by atoms with van der Waals surface area (Å²) in [6, 6.07) is -0.0162. The van der Waals surface area contributed by atoms with Crippen molar-refractivity contribution in [2.24, 2.45) is 17.8 Å². The first-order chi connectivity index (χ1) is 8.49. The summed E-state index contributed by atoms with van der Waals surface area (Å²) in [5.41, 5.74) is 0. The number of likely N-dealkylation sites (tertiary alicyclic amines) is 1. The molecule has 1 N–H and O–H groups in total. The van der Waals surface area contributed by atoms with Gasteiger partial charge in [-0.2, -0.15) is 0 Å². The largest absolute Gasteiger partial charge is 0.481 e. The van der Waals surface area contributed by atoms with Crippen LogP contribution in [0.15, 0.2) is 0 Å². The van der Waals surface area contributed by atoms with E-state index in [1.165, 1.54) is 19.3 Å². The maximum atomic E-state index is 12.2. The van der Waals surface area contributed by atoms with Gasteiger partial charge in [-0.1, -0.05) is 13.3 Å². The van der Waals surface area contributed by atoms with Gasteiger partial charge in [-0.15, -0.1) is 0 Å². The fourth-order valence-corrected chi connectivity index (χ4v) is 3.20. The van der Waals surface area contributed by atoms with Crippen molar-refractivity contribution in [1.29, 1.82) is 0 Å². The number of carbonyl (C=O) groups excluding carboxylic acids is 1. The van der Waals surface area contributed by atoms with Crippen LogP contribution in [0.1, 0.15) is 26.2 Å². The molecule has 2 amide bonds. The lowest BCUT2D eigenvalue weighted by molar-refractivity contribution is -0.141. The topological polar surface area (TPSA) is 60.9 Å². The van der Waals surface area contributed by atoms with Crippen molar-refractivity contribution in [1.82, 2.24) is 9.80 Å². The first kappa shape index (κ1) is 13.2. The van der Waals surface area contributed by atoms with Crippen LogP contribution < -0.4 is 0 Å². The minimum atomic E-state index is -0.854. The van der Waals surface area contributed by atoms with Crippen LogP contribution >= 0.6 is 0 Å². The summed E-state index contributed by atoms with van der Waals surface area (Å²) in [5.74, 6) is -0.00695. The van der Waals surface area contributed by atoms with E-state index in [0.717, 1.165) is 13.1 Å². The summed E-state index contributed by atoms with van der Waals surface area (Å²) in [6.45, 7) is 3.62. The summed E-state index contributed by atoms with van der Waals surface area (Å²) in [5, 5.41) is 8.86. The van der Waals surface area contributed by atoms with E-state index in [4.69, 9.17) is 5.11 Å². The molecule has 5 heteroatoms. The third-order valence-electron chi connectivity index (χ3n) is 4.29. The first-order valence-electron chi connectivity index (χ1n) is 6.72. The summed E-state index contributed by atoms with van der Waals surface area (Å²) in [7, 11) is 1.69. The number of hydrogen-bond acceptors (Lipinski definition) is 2. The number of carbonyl (C=O) groups is 2. The minimum Gasteiger partial charge on any atom is -0.481 e. The van der Waals surface area contributed by atoms with Gasteiger partial charge in [0.15, 0.2) is 0 Å². The standard InChI is InChI=1S/C13H22N2O3/c1-9(12(16)17)6-14(2)13(18)15-7-10-4-3-5-11(10)8-15/h9-11H,3-8H2,1-2H3,(H,16,17). The molecular formula is C13H22N2O3. The summed E-state index contributed by atoms with van der Waals surface area (Å²) in [4.78, 5) is 26.4. The van der Waals surface area contributed by atoms with Crippen molar-refractivity contribution >= 4 is 12.0 Å². The van der Waals surface area contributed by atoms with Crippen LogP contribution in [0.2, 0.25) is 0 Å². The molecule has 0 aromatic carbocycles. The number of amides is 2. The van der Waals surface area contributed by atoms with Gasteiger partial charge in [0.25, 0.3) is 0 Å². The average Bonchev–Trinajstić information content (AvgIpc) is 2.87. The molecule has 1 aliphatic carbocycles. The SMILES string of the molecule is CC(CN(C)C(=O)N1CC2CCCC2C1)C(=O)O. The molecule has 1 saturated heterocycles. The molecule has 0 radical (unpaired) electrons. The zero-order valence-electron chi connectivity index (χ0n) is 11.1. The second-order valence-corrected chi connectivity index (χ2v) is 5.76. The van der Waals surface area contributed by atoms with Crippen LogP contribution in [0.5, 0.6) is 0 Å². The van der Waals surface area contributed by atoms with Crippen LogP contribution in [0, 0.1) is 17.8 Å². The van der Waals surface area contributed by atoms with Gasteiger partial charge < -0.3 is 14.9 Å². The van der Waals surface area contributed by atoms with E-state index in [1.807, 2.05) is 4.90 Å². The molecule has 1 saturated carbocycles. The molecule has 0 spiro atoms. The number of fused-ring (bicyclic) bond motifs is 1. The van der Waals surface area contributed by atoms with Gasteiger partial charge in [0.1, 0.15) is 0 Å². The zero-order valence-corrected chi connectivity index (χ0v) is 11.1. The van der Waals surface area contributed by atoms with Crippen molar-refractivity contribution in [2.45, 2.75) is 26.2 Å². The number of nitrogens with zero attached hydrogens (tertiary/aromatic N) is 2. The molecule has 5 nitrogen and oxygen atoms in total. The predicted octanol–water partition coefficient (Wildman–Crippen LogP) is 1.49. The van der Waals surface area contributed by atoms with E-state index in [9.17, 15) is 9.59 Å². The van der Waals surface area contributed by atoms with Crippen molar-refractivity contribution in [3.05, 3.63) is 0 Å². The number of rotatable bonds is 3. The van der Waals surface area contributed by atoms with Gasteiger partial charge in [-0.05, 0) is 24.7 Å². The smallest absolute Gasteiger partial charge is 0.319 e. The third kappa shape index (κ3) is 2.60. The Morgan fingerprint density at radius 2 is 1.89 bits per heavy atom. The number of carboxylic acids is 1. The average molecular weight is 254 g/mol. The van der Waals surface area contributed by atoms with E-state index in [2.05, 4.69) is 0 Å². The van der Waals surface area contributed by atoms with E-state index >= 15 is 0 Å². The van der Waals surface area contributed by atoms with Crippen LogP contribution in [0.25, 0.3) is 0 Å². The fraction of sp³-hybridized carbons (Fsp3) is 0.846. The minimum absolute atomic E-state index is 0.0162. The Labute approximate surface area is 108 Å². The molecule has 0 aromatic heterocycles. The highest BCUT2D eigenvalue weighted by Gasteiger charge is 2.38. The molecule has 102 valence electrons. The van der Waals surface area contributed by atoms with Gasteiger partial charge in [0.05, 0.1) is 5.92 Å². The monoisotopic (exact) mass is 254 g/mol. The molecule has 2 aliphatic rings.